The van der Waals surface area contributed by atoms with Gasteiger partial charge in [-0.15, -0.1) is 0 Å². The van der Waals surface area contributed by atoms with Crippen molar-refractivity contribution in [1.29, 1.82) is 0 Å². The fraction of sp³-hybridized carbons (Fsp3) is 0.550. The monoisotopic (exact) mass is 405 g/mol. The maximum absolute atomic E-state index is 12.7. The number of amides is 1. The van der Waals surface area contributed by atoms with E-state index in [1.54, 1.807) is 19.4 Å². The molecule has 1 saturated heterocycles. The van der Waals surface area contributed by atoms with Gasteiger partial charge >= 0.3 is 0 Å². The van der Waals surface area contributed by atoms with Crippen LogP contribution in [0.5, 0.6) is 0 Å². The van der Waals surface area contributed by atoms with Gasteiger partial charge in [0.1, 0.15) is 5.15 Å². The average Bonchev–Trinajstić information content (AvgIpc) is 3.26. The summed E-state index contributed by atoms with van der Waals surface area (Å²) in [6.45, 7) is 6.72. The van der Waals surface area contributed by atoms with Crippen molar-refractivity contribution >= 4 is 17.5 Å². The molecule has 152 valence electrons. The molecule has 2 aromatic heterocycles. The minimum Gasteiger partial charge on any atom is -0.383 e. The average molecular weight is 406 g/mol. The van der Waals surface area contributed by atoms with Gasteiger partial charge in [0.15, 0.2) is 0 Å². The van der Waals surface area contributed by atoms with Crippen molar-refractivity contribution in [3.63, 3.8) is 0 Å². The molecule has 3 heterocycles. The predicted molar refractivity (Wildman–Crippen MR) is 108 cm³/mol. The first-order valence-electron chi connectivity index (χ1n) is 9.63. The second-order valence-electron chi connectivity index (χ2n) is 7.46. The molecule has 1 fully saturated rings. The molecule has 0 unspecified atom stereocenters. The Morgan fingerprint density at radius 3 is 2.82 bits per heavy atom. The van der Waals surface area contributed by atoms with Gasteiger partial charge < -0.3 is 15.0 Å². The fourth-order valence-electron chi connectivity index (χ4n) is 3.65. The highest BCUT2D eigenvalue weighted by Gasteiger charge is 2.40. The van der Waals surface area contributed by atoms with Crippen LogP contribution in [0.25, 0.3) is 0 Å². The molecule has 8 heteroatoms. The van der Waals surface area contributed by atoms with Crippen molar-refractivity contribution in [2.24, 2.45) is 5.92 Å². The number of carbonyl (C=O) groups excluding carboxylic acids is 1. The zero-order chi connectivity index (χ0) is 20.1. The van der Waals surface area contributed by atoms with Crippen LogP contribution in [-0.2, 0) is 16.1 Å². The topological polar surface area (TPSA) is 72.3 Å². The van der Waals surface area contributed by atoms with Crippen molar-refractivity contribution in [2.75, 3.05) is 26.8 Å². The lowest BCUT2D eigenvalue weighted by Gasteiger charge is -2.27. The van der Waals surface area contributed by atoms with E-state index in [0.717, 1.165) is 17.7 Å². The molecule has 7 nitrogen and oxygen atoms in total. The van der Waals surface area contributed by atoms with Crippen molar-refractivity contribution in [2.45, 2.75) is 38.9 Å². The van der Waals surface area contributed by atoms with E-state index in [2.05, 4.69) is 35.4 Å². The highest BCUT2D eigenvalue weighted by molar-refractivity contribution is 6.29. The van der Waals surface area contributed by atoms with Gasteiger partial charge in [0.05, 0.1) is 18.8 Å². The number of hydrogen-bond acceptors (Lipinski definition) is 5. The van der Waals surface area contributed by atoms with E-state index < -0.39 is 0 Å². The largest absolute Gasteiger partial charge is 0.383 e. The first kappa shape index (κ1) is 20.8. The molecule has 1 aliphatic heterocycles. The molecule has 0 aromatic carbocycles. The van der Waals surface area contributed by atoms with E-state index >= 15 is 0 Å². The number of nitrogens with one attached hydrogen (secondary N) is 1. The van der Waals surface area contributed by atoms with Gasteiger partial charge in [0.25, 0.3) is 0 Å². The molecule has 2 atom stereocenters. The Hall–Kier alpha value is -1.96. The smallest absolute Gasteiger partial charge is 0.223 e. The van der Waals surface area contributed by atoms with Crippen molar-refractivity contribution in [3.05, 3.63) is 47.0 Å². The van der Waals surface area contributed by atoms with Crippen LogP contribution in [0.4, 0.5) is 0 Å². The number of methoxy groups -OCH3 is 1. The molecule has 1 amide bonds. The standard InChI is InChI=1S/C20H28ClN5O2/c1-14(2)26-13-17(12-24-26)20-16(8-19(27)25(20)6-7-28-3)11-22-9-15-4-5-18(21)23-10-15/h4-5,10,12-14,16,20,22H,6-9,11H2,1-3H3/t16-,20+/m0/s1. The van der Waals surface area contributed by atoms with E-state index in [1.165, 1.54) is 0 Å². The van der Waals surface area contributed by atoms with Gasteiger partial charge in [-0.05, 0) is 25.5 Å². The first-order valence-corrected chi connectivity index (χ1v) is 10.0. The van der Waals surface area contributed by atoms with Gasteiger partial charge in [-0.2, -0.15) is 5.10 Å². The lowest BCUT2D eigenvalue weighted by Crippen LogP contribution is -2.33. The minimum atomic E-state index is 0.00555. The Kier molecular flexibility index (Phi) is 7.04. The van der Waals surface area contributed by atoms with Crippen LogP contribution in [0.3, 0.4) is 0 Å². The Bertz CT molecular complexity index is 777. The molecular weight excluding hydrogens is 378 g/mol. The van der Waals surface area contributed by atoms with Crippen LogP contribution in [0.15, 0.2) is 30.7 Å². The molecule has 0 saturated carbocycles. The Morgan fingerprint density at radius 2 is 2.18 bits per heavy atom. The number of carbonyl (C=O) groups is 1. The summed E-state index contributed by atoms with van der Waals surface area (Å²) in [7, 11) is 1.66. The minimum absolute atomic E-state index is 0.00555. The lowest BCUT2D eigenvalue weighted by molar-refractivity contribution is -0.129. The Labute approximate surface area is 171 Å². The molecule has 1 aliphatic rings. The maximum atomic E-state index is 12.7. The second-order valence-corrected chi connectivity index (χ2v) is 7.84. The number of rotatable bonds is 9. The van der Waals surface area contributed by atoms with Crippen LogP contribution in [0.1, 0.15) is 43.5 Å². The van der Waals surface area contributed by atoms with Crippen LogP contribution in [0, 0.1) is 5.92 Å². The van der Waals surface area contributed by atoms with Crippen LogP contribution in [0.2, 0.25) is 5.15 Å². The molecule has 0 spiro atoms. The van der Waals surface area contributed by atoms with Crippen LogP contribution < -0.4 is 5.32 Å². The molecule has 0 radical (unpaired) electrons. The van der Waals surface area contributed by atoms with Gasteiger partial charge in [-0.3, -0.25) is 9.48 Å². The molecule has 2 aromatic rings. The third kappa shape index (κ3) is 4.90. The Balaban J connectivity index is 1.71. The molecule has 1 N–H and O–H groups in total. The highest BCUT2D eigenvalue weighted by atomic mass is 35.5. The number of nitrogens with zero attached hydrogens (tertiary/aromatic N) is 4. The number of likely N-dealkylation sites (tertiary alicyclic amines) is 1. The third-order valence-electron chi connectivity index (χ3n) is 5.09. The van der Waals surface area contributed by atoms with E-state index in [9.17, 15) is 4.79 Å². The summed E-state index contributed by atoms with van der Waals surface area (Å²) in [5, 5.41) is 8.43. The van der Waals surface area contributed by atoms with Crippen molar-refractivity contribution in [3.8, 4) is 0 Å². The van der Waals surface area contributed by atoms with Crippen molar-refractivity contribution in [1.82, 2.24) is 25.0 Å². The van der Waals surface area contributed by atoms with Gasteiger partial charge in [-0.25, -0.2) is 4.98 Å². The zero-order valence-electron chi connectivity index (χ0n) is 16.6. The normalized spacial score (nSPS) is 19.8. The van der Waals surface area contributed by atoms with E-state index in [1.807, 2.05) is 21.8 Å². The lowest BCUT2D eigenvalue weighted by atomic mass is 9.95. The molecule has 0 aliphatic carbocycles. The fourth-order valence-corrected chi connectivity index (χ4v) is 3.76. The molecule has 3 rings (SSSR count). The van der Waals surface area contributed by atoms with Gasteiger partial charge in [0.2, 0.25) is 5.91 Å². The Morgan fingerprint density at radius 1 is 1.36 bits per heavy atom. The summed E-state index contributed by atoms with van der Waals surface area (Å²) in [6, 6.07) is 4.03. The summed E-state index contributed by atoms with van der Waals surface area (Å²) in [5.41, 5.74) is 2.14. The molecule has 0 bridgehead atoms. The quantitative estimate of drug-likeness (QED) is 0.649. The number of hydrogen-bond donors (Lipinski definition) is 1. The summed E-state index contributed by atoms with van der Waals surface area (Å²) < 4.78 is 7.16. The third-order valence-corrected chi connectivity index (χ3v) is 5.32. The van der Waals surface area contributed by atoms with Crippen molar-refractivity contribution < 1.29 is 9.53 Å². The van der Waals surface area contributed by atoms with Crippen LogP contribution in [-0.4, -0.2) is 52.4 Å². The maximum Gasteiger partial charge on any atom is 0.223 e. The van der Waals surface area contributed by atoms with Crippen LogP contribution >= 0.6 is 11.6 Å². The number of halogens is 1. The number of ether oxygens (including phenoxy) is 1. The first-order chi connectivity index (χ1) is 13.5. The van der Waals surface area contributed by atoms with Gasteiger partial charge in [-0.1, -0.05) is 17.7 Å². The SMILES string of the molecule is COCCN1C(=O)C[C@@H](CNCc2ccc(Cl)nc2)[C@@H]1c1cnn(C(C)C)c1. The summed E-state index contributed by atoms with van der Waals surface area (Å²) in [6.07, 6.45) is 6.24. The summed E-state index contributed by atoms with van der Waals surface area (Å²) in [5.74, 6) is 0.341. The molecular formula is C20H28ClN5O2. The van der Waals surface area contributed by atoms with E-state index in [4.69, 9.17) is 16.3 Å². The van der Waals surface area contributed by atoms with E-state index in [0.29, 0.717) is 31.3 Å². The highest BCUT2D eigenvalue weighted by Crippen LogP contribution is 2.37. The molecule has 28 heavy (non-hydrogen) atoms. The number of pyridine rings is 1. The number of aromatic nitrogens is 3. The van der Waals surface area contributed by atoms with E-state index in [-0.39, 0.29) is 23.9 Å². The van der Waals surface area contributed by atoms with Gasteiger partial charge in [0, 0.05) is 63.1 Å². The second kappa shape index (κ2) is 9.49. The summed E-state index contributed by atoms with van der Waals surface area (Å²) in [4.78, 5) is 18.7. The summed E-state index contributed by atoms with van der Waals surface area (Å²) >= 11 is 5.84. The zero-order valence-corrected chi connectivity index (χ0v) is 17.4. The predicted octanol–water partition coefficient (Wildman–Crippen LogP) is 2.84.